The summed E-state index contributed by atoms with van der Waals surface area (Å²) in [7, 11) is 3.55. The number of Topliss-reactive ketones (excluding diaryl/α,β-unsaturated/α-hetero) is 1. The van der Waals surface area contributed by atoms with Gasteiger partial charge in [0.25, 0.3) is 0 Å². The molecule has 2 aliphatic rings. The summed E-state index contributed by atoms with van der Waals surface area (Å²) in [6.45, 7) is -0.257. The van der Waals surface area contributed by atoms with Crippen LogP contribution >= 0.6 is 0 Å². The molecule has 0 aromatic heterocycles. The Morgan fingerprint density at radius 3 is 2.43 bits per heavy atom. The number of methoxy groups -OCH3 is 3. The van der Waals surface area contributed by atoms with Crippen molar-refractivity contribution in [1.29, 1.82) is 0 Å². The van der Waals surface area contributed by atoms with Crippen LogP contribution in [0.5, 0.6) is 0 Å². The number of ketones is 2. The third kappa shape index (κ3) is 2.87. The average Bonchev–Trinajstić information content (AvgIpc) is 2.56. The van der Waals surface area contributed by atoms with Crippen molar-refractivity contribution in [1.82, 2.24) is 0 Å². The molecule has 8 nitrogen and oxygen atoms in total. The van der Waals surface area contributed by atoms with Crippen LogP contribution in [0, 0.1) is 0 Å². The van der Waals surface area contributed by atoms with Crippen molar-refractivity contribution in [2.24, 2.45) is 0 Å². The number of ether oxygens (including phenoxy) is 4. The average molecular weight is 322 g/mol. The van der Waals surface area contributed by atoms with Gasteiger partial charge >= 0.3 is 11.9 Å². The number of hydrogen-bond acceptors (Lipinski definition) is 8. The zero-order valence-corrected chi connectivity index (χ0v) is 12.8. The molecule has 0 aromatic rings. The lowest BCUT2D eigenvalue weighted by Crippen LogP contribution is -2.31. The molecule has 2 rings (SSSR count). The molecule has 8 heteroatoms. The monoisotopic (exact) mass is 322 g/mol. The van der Waals surface area contributed by atoms with Gasteiger partial charge < -0.3 is 18.9 Å². The van der Waals surface area contributed by atoms with Gasteiger partial charge in [0.2, 0.25) is 5.78 Å². The Bertz CT molecular complexity index is 692. The molecule has 0 amide bonds. The fourth-order valence-electron chi connectivity index (χ4n) is 2.26. The first kappa shape index (κ1) is 16.5. The predicted octanol–water partition coefficient (Wildman–Crippen LogP) is -0.0145. The van der Waals surface area contributed by atoms with Gasteiger partial charge in [-0.15, -0.1) is 0 Å². The van der Waals surface area contributed by atoms with E-state index in [0.717, 1.165) is 13.2 Å². The van der Waals surface area contributed by atoms with Gasteiger partial charge in [-0.2, -0.15) is 0 Å². The molecule has 0 unspecified atom stereocenters. The van der Waals surface area contributed by atoms with Gasteiger partial charge in [-0.1, -0.05) is 0 Å². The van der Waals surface area contributed by atoms with E-state index in [2.05, 4.69) is 9.47 Å². The summed E-state index contributed by atoms with van der Waals surface area (Å²) >= 11 is 0. The first-order valence-electron chi connectivity index (χ1n) is 6.53. The normalized spacial score (nSPS) is 17.3. The maximum atomic E-state index is 12.3. The van der Waals surface area contributed by atoms with E-state index in [4.69, 9.17) is 9.47 Å². The number of carbonyl (C=O) groups is 4. The van der Waals surface area contributed by atoms with Crippen molar-refractivity contribution in [3.8, 4) is 0 Å². The number of carbonyl (C=O) groups excluding carboxylic acids is 4. The summed E-state index contributed by atoms with van der Waals surface area (Å²) in [5, 5.41) is 0. The molecular weight excluding hydrogens is 308 g/mol. The van der Waals surface area contributed by atoms with Crippen molar-refractivity contribution < 1.29 is 38.1 Å². The predicted molar refractivity (Wildman–Crippen MR) is 73.8 cm³/mol. The molecule has 0 saturated carbocycles. The Morgan fingerprint density at radius 2 is 1.87 bits per heavy atom. The molecule has 0 saturated heterocycles. The second kappa shape index (κ2) is 6.47. The lowest BCUT2D eigenvalue weighted by Gasteiger charge is -2.26. The first-order valence-corrected chi connectivity index (χ1v) is 6.53. The second-order valence-corrected chi connectivity index (χ2v) is 4.59. The van der Waals surface area contributed by atoms with Crippen LogP contribution in [0.15, 0.2) is 34.3 Å². The standard InChI is InChI=1S/C15H14O8/c1-20-10-4-8(16)12-7(14(10)18)6-23-9(5-11(17)21-2)13(12)15(19)22-3/h4H,5-6H2,1-3H3. The number of esters is 2. The summed E-state index contributed by atoms with van der Waals surface area (Å²) in [5.74, 6) is -2.90. The fraction of sp³-hybridized carbons (Fsp3) is 0.333. The van der Waals surface area contributed by atoms with Crippen LogP contribution in [-0.4, -0.2) is 51.4 Å². The van der Waals surface area contributed by atoms with E-state index in [1.807, 2.05) is 0 Å². The van der Waals surface area contributed by atoms with Crippen LogP contribution in [0.25, 0.3) is 0 Å². The molecule has 0 aromatic carbocycles. The minimum atomic E-state index is -0.883. The molecule has 0 atom stereocenters. The van der Waals surface area contributed by atoms with E-state index in [0.29, 0.717) is 0 Å². The third-order valence-corrected chi connectivity index (χ3v) is 3.37. The molecule has 122 valence electrons. The fourth-order valence-corrected chi connectivity index (χ4v) is 2.26. The molecule has 0 radical (unpaired) electrons. The largest absolute Gasteiger partial charge is 0.493 e. The van der Waals surface area contributed by atoms with Gasteiger partial charge in [0.15, 0.2) is 11.5 Å². The van der Waals surface area contributed by atoms with E-state index >= 15 is 0 Å². The highest BCUT2D eigenvalue weighted by molar-refractivity contribution is 6.27. The number of allylic oxidation sites excluding steroid dienone is 2. The van der Waals surface area contributed by atoms with Gasteiger partial charge in [-0.05, 0) is 0 Å². The summed E-state index contributed by atoms with van der Waals surface area (Å²) in [6.07, 6.45) is 0.630. The minimum Gasteiger partial charge on any atom is -0.493 e. The molecule has 1 aliphatic carbocycles. The summed E-state index contributed by atoms with van der Waals surface area (Å²) in [4.78, 5) is 48.0. The van der Waals surface area contributed by atoms with E-state index < -0.39 is 23.5 Å². The second-order valence-electron chi connectivity index (χ2n) is 4.59. The topological polar surface area (TPSA) is 105 Å². The molecule has 1 aliphatic heterocycles. The van der Waals surface area contributed by atoms with E-state index in [1.54, 1.807) is 0 Å². The maximum Gasteiger partial charge on any atom is 0.342 e. The zero-order chi connectivity index (χ0) is 17.1. The highest BCUT2D eigenvalue weighted by atomic mass is 16.5. The molecular formula is C15H14O8. The van der Waals surface area contributed by atoms with Crippen molar-refractivity contribution in [3.05, 3.63) is 34.3 Å². The highest BCUT2D eigenvalue weighted by Crippen LogP contribution is 2.33. The first-order chi connectivity index (χ1) is 10.9. The number of rotatable bonds is 4. The van der Waals surface area contributed by atoms with Crippen LogP contribution < -0.4 is 0 Å². The Labute approximate surface area is 131 Å². The Balaban J connectivity index is 2.58. The van der Waals surface area contributed by atoms with E-state index in [9.17, 15) is 19.2 Å². The highest BCUT2D eigenvalue weighted by Gasteiger charge is 2.39. The van der Waals surface area contributed by atoms with Crippen LogP contribution in [0.2, 0.25) is 0 Å². The van der Waals surface area contributed by atoms with Gasteiger partial charge in [0.05, 0.1) is 32.5 Å². The molecule has 23 heavy (non-hydrogen) atoms. The SMILES string of the molecule is COC(=O)CC1=C(C(=O)OC)C2=C(CO1)C(=O)C(OC)=CC2=O. The van der Waals surface area contributed by atoms with Crippen molar-refractivity contribution in [3.63, 3.8) is 0 Å². The number of hydrogen-bond donors (Lipinski definition) is 0. The Morgan fingerprint density at radius 1 is 1.17 bits per heavy atom. The Kier molecular flexibility index (Phi) is 4.63. The third-order valence-electron chi connectivity index (χ3n) is 3.37. The molecule has 0 spiro atoms. The molecule has 0 N–H and O–H groups in total. The van der Waals surface area contributed by atoms with E-state index in [1.165, 1.54) is 14.2 Å². The van der Waals surface area contributed by atoms with Crippen molar-refractivity contribution in [2.75, 3.05) is 27.9 Å². The lowest BCUT2D eigenvalue weighted by molar-refractivity contribution is -0.140. The van der Waals surface area contributed by atoms with Gasteiger partial charge in [-0.3, -0.25) is 14.4 Å². The van der Waals surface area contributed by atoms with Crippen LogP contribution in [0.3, 0.4) is 0 Å². The van der Waals surface area contributed by atoms with Crippen LogP contribution in [0.4, 0.5) is 0 Å². The van der Waals surface area contributed by atoms with Crippen LogP contribution in [-0.2, 0) is 38.1 Å². The molecule has 1 heterocycles. The van der Waals surface area contributed by atoms with E-state index in [-0.39, 0.29) is 41.3 Å². The lowest BCUT2D eigenvalue weighted by atomic mass is 9.86. The van der Waals surface area contributed by atoms with Crippen LogP contribution in [0.1, 0.15) is 6.42 Å². The molecule has 0 fully saturated rings. The zero-order valence-electron chi connectivity index (χ0n) is 12.8. The van der Waals surface area contributed by atoms with Crippen molar-refractivity contribution >= 4 is 23.5 Å². The quantitative estimate of drug-likeness (QED) is 0.525. The summed E-state index contributed by atoms with van der Waals surface area (Å²) < 4.78 is 19.4. The van der Waals surface area contributed by atoms with Gasteiger partial charge in [-0.25, -0.2) is 4.79 Å². The minimum absolute atomic E-state index is 0.0108. The van der Waals surface area contributed by atoms with Crippen molar-refractivity contribution in [2.45, 2.75) is 6.42 Å². The molecule has 0 bridgehead atoms. The Hall–Kier alpha value is -2.90. The smallest absolute Gasteiger partial charge is 0.342 e. The summed E-state index contributed by atoms with van der Waals surface area (Å²) in [6, 6.07) is 0. The maximum absolute atomic E-state index is 12.3. The van der Waals surface area contributed by atoms with Gasteiger partial charge in [0, 0.05) is 6.08 Å². The van der Waals surface area contributed by atoms with Gasteiger partial charge in [0.1, 0.15) is 24.4 Å². The summed E-state index contributed by atoms with van der Waals surface area (Å²) in [5.41, 5.74) is -0.389.